The summed E-state index contributed by atoms with van der Waals surface area (Å²) < 4.78 is 13.5. The molecular formula is C110H66N6O2. The van der Waals surface area contributed by atoms with Crippen molar-refractivity contribution >= 4 is 97.7 Å². The lowest BCUT2D eigenvalue weighted by molar-refractivity contribution is 0.669. The van der Waals surface area contributed by atoms with E-state index in [4.69, 9.17) is 38.7 Å². The molecule has 0 fully saturated rings. The number of benzene rings is 19. The van der Waals surface area contributed by atoms with Crippen LogP contribution in [0.15, 0.2) is 409 Å². The summed E-state index contributed by atoms with van der Waals surface area (Å²) >= 11 is 0. The molecule has 23 rings (SSSR count). The smallest absolute Gasteiger partial charge is 0.167 e. The highest BCUT2D eigenvalue weighted by Gasteiger charge is 2.26. The highest BCUT2D eigenvalue weighted by atomic mass is 16.3. The summed E-state index contributed by atoms with van der Waals surface area (Å²) in [5.74, 6) is 3.30. The SMILES string of the molecule is c1ccc(-c2nc(-c3ccc(-c4c5ccccc5c(-c5cccc(-c6cccc(-c7cc(-c8nc(-c9ccccc9)nc(-c9ccc(-c%10c%11ccccc%11c(-c%11ccc(-c%12ccccc%12)c%12ccccc%11%12)c%11ccccc%10%11)cc9)n8)c8oc9ccccc9c8c7)c6)c5)c5ccccc45)cc3)nc(-c3cccc4c3oc3ccccc34)n2)cc1. The molecule has 0 N–H and O–H groups in total. The molecular weight excluding hydrogens is 1440 g/mol. The van der Waals surface area contributed by atoms with Crippen molar-refractivity contribution in [2.45, 2.75) is 0 Å². The lowest BCUT2D eigenvalue weighted by Gasteiger charge is -2.20. The Morgan fingerprint density at radius 1 is 0.136 bits per heavy atom. The van der Waals surface area contributed by atoms with Crippen molar-refractivity contribution in [2.24, 2.45) is 0 Å². The predicted octanol–water partition coefficient (Wildman–Crippen LogP) is 29.3. The highest BCUT2D eigenvalue weighted by molar-refractivity contribution is 6.25. The third kappa shape index (κ3) is 11.5. The molecule has 0 aliphatic rings. The minimum Gasteiger partial charge on any atom is -0.455 e. The first-order valence-corrected chi connectivity index (χ1v) is 39.9. The van der Waals surface area contributed by atoms with E-state index in [1.54, 1.807) is 0 Å². The molecule has 0 atom stereocenters. The van der Waals surface area contributed by atoms with Crippen LogP contribution in [0.2, 0.25) is 0 Å². The first kappa shape index (κ1) is 67.8. The minimum atomic E-state index is 0.503. The van der Waals surface area contributed by atoms with Gasteiger partial charge in [-0.05, 0) is 174 Å². The van der Waals surface area contributed by atoms with Crippen LogP contribution < -0.4 is 0 Å². The van der Waals surface area contributed by atoms with Crippen molar-refractivity contribution in [1.29, 1.82) is 0 Å². The van der Waals surface area contributed by atoms with Gasteiger partial charge in [0.25, 0.3) is 0 Å². The zero-order chi connectivity index (χ0) is 77.7. The highest BCUT2D eigenvalue weighted by Crippen LogP contribution is 2.50. The Morgan fingerprint density at radius 2 is 0.432 bits per heavy atom. The molecule has 4 aromatic heterocycles. The van der Waals surface area contributed by atoms with Gasteiger partial charge in [0, 0.05) is 43.8 Å². The van der Waals surface area contributed by atoms with E-state index in [1.807, 2.05) is 91.0 Å². The topological polar surface area (TPSA) is 104 Å². The van der Waals surface area contributed by atoms with Crippen LogP contribution in [0.3, 0.4) is 0 Å². The Kier molecular flexibility index (Phi) is 16.1. The third-order valence-corrected chi connectivity index (χ3v) is 23.4. The maximum Gasteiger partial charge on any atom is 0.167 e. The maximum atomic E-state index is 6.94. The second-order valence-electron chi connectivity index (χ2n) is 30.2. The van der Waals surface area contributed by atoms with Crippen molar-refractivity contribution in [3.05, 3.63) is 400 Å². The largest absolute Gasteiger partial charge is 0.455 e. The monoisotopic (exact) mass is 1500 g/mol. The van der Waals surface area contributed by atoms with Gasteiger partial charge in [-0.3, -0.25) is 0 Å². The molecule has 0 aliphatic heterocycles. The van der Waals surface area contributed by atoms with Gasteiger partial charge in [-0.15, -0.1) is 0 Å². The van der Waals surface area contributed by atoms with Gasteiger partial charge < -0.3 is 8.83 Å². The van der Waals surface area contributed by atoms with Crippen LogP contribution in [0.1, 0.15) is 0 Å². The number of nitrogens with zero attached hydrogens (tertiary/aromatic N) is 6. The Hall–Kier alpha value is -15.9. The molecule has 548 valence electrons. The average Bonchev–Trinajstić information content (AvgIpc) is 0.952. The van der Waals surface area contributed by atoms with E-state index < -0.39 is 0 Å². The van der Waals surface area contributed by atoms with Crippen LogP contribution in [0, 0.1) is 0 Å². The normalized spacial score (nSPS) is 11.7. The van der Waals surface area contributed by atoms with Gasteiger partial charge >= 0.3 is 0 Å². The predicted molar refractivity (Wildman–Crippen MR) is 486 cm³/mol. The first-order valence-electron chi connectivity index (χ1n) is 39.9. The molecule has 0 aliphatic carbocycles. The second kappa shape index (κ2) is 28.0. The average molecular weight is 1500 g/mol. The molecule has 19 aromatic carbocycles. The van der Waals surface area contributed by atoms with E-state index in [0.717, 1.165) is 138 Å². The fourth-order valence-corrected chi connectivity index (χ4v) is 17.9. The molecule has 8 nitrogen and oxygen atoms in total. The van der Waals surface area contributed by atoms with E-state index in [9.17, 15) is 0 Å². The van der Waals surface area contributed by atoms with Crippen molar-refractivity contribution < 1.29 is 8.83 Å². The zero-order valence-electron chi connectivity index (χ0n) is 63.6. The van der Waals surface area contributed by atoms with Gasteiger partial charge in [-0.2, -0.15) is 0 Å². The van der Waals surface area contributed by atoms with Gasteiger partial charge in [0.15, 0.2) is 34.9 Å². The fourth-order valence-electron chi connectivity index (χ4n) is 17.9. The Bertz CT molecular complexity index is 7860. The number of fused-ring (bicyclic) bond motifs is 11. The summed E-state index contributed by atoms with van der Waals surface area (Å²) in [6.45, 7) is 0. The maximum absolute atomic E-state index is 6.94. The number of aromatic nitrogens is 6. The molecule has 118 heavy (non-hydrogen) atoms. The molecule has 0 amide bonds. The van der Waals surface area contributed by atoms with Gasteiger partial charge in [0.05, 0.1) is 11.1 Å². The molecule has 0 radical (unpaired) electrons. The fraction of sp³-hybridized carbons (Fsp3) is 0. The van der Waals surface area contributed by atoms with Gasteiger partial charge in [-0.25, -0.2) is 29.9 Å². The number of rotatable bonds is 13. The van der Waals surface area contributed by atoms with Crippen LogP contribution in [0.5, 0.6) is 0 Å². The van der Waals surface area contributed by atoms with Gasteiger partial charge in [0.2, 0.25) is 0 Å². The second-order valence-corrected chi connectivity index (χ2v) is 30.2. The number of furan rings is 2. The van der Waals surface area contributed by atoms with Crippen LogP contribution in [-0.4, -0.2) is 29.9 Å². The summed E-state index contributed by atoms with van der Waals surface area (Å²) in [5.41, 5.74) is 23.9. The van der Waals surface area contributed by atoms with Crippen LogP contribution in [-0.2, 0) is 0 Å². The van der Waals surface area contributed by atoms with E-state index in [0.29, 0.717) is 40.5 Å². The van der Waals surface area contributed by atoms with E-state index in [1.165, 1.54) is 65.7 Å². The summed E-state index contributed by atoms with van der Waals surface area (Å²) in [6.07, 6.45) is 0. The Balaban J connectivity index is 0.604. The summed E-state index contributed by atoms with van der Waals surface area (Å²) in [5, 5.41) is 15.8. The Labute approximate surface area is 678 Å². The summed E-state index contributed by atoms with van der Waals surface area (Å²) in [7, 11) is 0. The van der Waals surface area contributed by atoms with Crippen molar-refractivity contribution in [1.82, 2.24) is 29.9 Å². The zero-order valence-corrected chi connectivity index (χ0v) is 63.6. The summed E-state index contributed by atoms with van der Waals surface area (Å²) in [6, 6.07) is 142. The molecule has 0 spiro atoms. The third-order valence-electron chi connectivity index (χ3n) is 23.4. The van der Waals surface area contributed by atoms with Gasteiger partial charge in [0.1, 0.15) is 22.3 Å². The lowest BCUT2D eigenvalue weighted by Crippen LogP contribution is -2.00. The molecule has 4 heterocycles. The number of hydrogen-bond donors (Lipinski definition) is 0. The lowest BCUT2D eigenvalue weighted by atomic mass is 9.83. The Morgan fingerprint density at radius 3 is 0.907 bits per heavy atom. The molecule has 8 heteroatoms. The van der Waals surface area contributed by atoms with E-state index in [-0.39, 0.29) is 0 Å². The molecule has 0 saturated heterocycles. The van der Waals surface area contributed by atoms with E-state index in [2.05, 4.69) is 309 Å². The quantitative estimate of drug-likeness (QED) is 0.105. The molecule has 0 unspecified atom stereocenters. The molecule has 0 saturated carbocycles. The van der Waals surface area contributed by atoms with Crippen molar-refractivity contribution in [3.63, 3.8) is 0 Å². The van der Waals surface area contributed by atoms with Crippen LogP contribution in [0.25, 0.3) is 244 Å². The van der Waals surface area contributed by atoms with Crippen LogP contribution in [0.4, 0.5) is 0 Å². The standard InChI is InChI=1S/C110H66N6O2/c1-4-27-67(28-5-1)79-61-62-92(81-38-11-10-37-80(79)81)102-90-47-18-16-45-88(90)100(89-46-17-19-48-91(89)102)69-55-59-73(60-56-69)108-112-106(71-31-8-3-9-32-71)115-110(116-108)96-66-78(65-95-83-40-21-23-52-98(83)118-104(95)96)76-35-24-33-74(63-76)75-34-25-36-77(64-75)101-86-43-14-12-41-84(86)99(85-42-13-15-44-87(85)101)68-53-57-72(58-54-68)107-111-105(70-29-6-2-7-30-70)113-109(114-107)94-50-26-49-93-82-39-20-22-51-97(82)117-103(93)94/h1-66H. The van der Waals surface area contributed by atoms with Crippen molar-refractivity contribution in [3.8, 4) is 146 Å². The van der Waals surface area contributed by atoms with Crippen LogP contribution >= 0.6 is 0 Å². The molecule has 23 aromatic rings. The summed E-state index contributed by atoms with van der Waals surface area (Å²) in [4.78, 5) is 31.7. The van der Waals surface area contributed by atoms with Gasteiger partial charge in [-0.1, -0.05) is 358 Å². The first-order chi connectivity index (χ1) is 58.5. The molecule has 0 bridgehead atoms. The van der Waals surface area contributed by atoms with E-state index >= 15 is 0 Å². The number of hydrogen-bond acceptors (Lipinski definition) is 8. The number of para-hydroxylation sites is 3. The van der Waals surface area contributed by atoms with Crippen molar-refractivity contribution in [2.75, 3.05) is 0 Å². The minimum absolute atomic E-state index is 0.503.